The molecule has 1 aromatic rings. The van der Waals surface area contributed by atoms with Crippen molar-refractivity contribution in [2.45, 2.75) is 33.6 Å². The molecule has 1 amide bonds. The van der Waals surface area contributed by atoms with Gasteiger partial charge >= 0.3 is 0 Å². The van der Waals surface area contributed by atoms with Crippen LogP contribution in [0.4, 0.5) is 0 Å². The fraction of sp³-hybridized carbons (Fsp3) is 0.500. The lowest BCUT2D eigenvalue weighted by Gasteiger charge is -2.22. The Balaban J connectivity index is 2.90. The number of carbonyl (C=O) groups is 1. The van der Waals surface area contributed by atoms with Gasteiger partial charge in [0.05, 0.1) is 22.9 Å². The molecular formula is C14H20INO. The summed E-state index contributed by atoms with van der Waals surface area (Å²) in [5.41, 5.74) is 2.30. The third-order valence-corrected chi connectivity index (χ3v) is 3.53. The van der Waals surface area contributed by atoms with Gasteiger partial charge in [-0.1, -0.05) is 39.3 Å². The second-order valence-electron chi connectivity index (χ2n) is 5.18. The van der Waals surface area contributed by atoms with Gasteiger partial charge in [0.1, 0.15) is 0 Å². The quantitative estimate of drug-likeness (QED) is 0.595. The summed E-state index contributed by atoms with van der Waals surface area (Å²) in [5.74, 6) is 0.0572. The Labute approximate surface area is 118 Å². The molecule has 0 aliphatic carbocycles. The van der Waals surface area contributed by atoms with E-state index in [4.69, 9.17) is 0 Å². The lowest BCUT2D eigenvalue weighted by molar-refractivity contribution is 0.0906. The molecule has 0 fully saturated rings. The zero-order valence-electron chi connectivity index (χ0n) is 11.0. The Morgan fingerprint density at radius 2 is 2.06 bits per heavy atom. The largest absolute Gasteiger partial charge is 0.284 e. The molecule has 1 rings (SSSR count). The van der Waals surface area contributed by atoms with E-state index in [1.807, 2.05) is 41.1 Å². The minimum absolute atomic E-state index is 0.0572. The van der Waals surface area contributed by atoms with E-state index < -0.39 is 0 Å². The minimum atomic E-state index is 0.0572. The number of hydrogen-bond acceptors (Lipinski definition) is 1. The first-order chi connectivity index (χ1) is 7.85. The molecule has 0 aliphatic rings. The minimum Gasteiger partial charge on any atom is -0.284 e. The van der Waals surface area contributed by atoms with Gasteiger partial charge < -0.3 is 0 Å². The van der Waals surface area contributed by atoms with Crippen LogP contribution in [0.2, 0.25) is 0 Å². The van der Waals surface area contributed by atoms with Crippen molar-refractivity contribution in [1.82, 2.24) is 3.11 Å². The first kappa shape index (κ1) is 14.5. The Morgan fingerprint density at radius 3 is 2.59 bits per heavy atom. The SMILES string of the molecule is CCC(C)(C)Cc1cccc(C(=O)N(C)I)c1. The summed E-state index contributed by atoms with van der Waals surface area (Å²) in [6.07, 6.45) is 2.15. The molecular weight excluding hydrogens is 325 g/mol. The highest BCUT2D eigenvalue weighted by Gasteiger charge is 2.17. The molecule has 0 saturated heterocycles. The molecule has 0 heterocycles. The maximum atomic E-state index is 11.9. The Hall–Kier alpha value is -0.580. The Morgan fingerprint density at radius 1 is 1.41 bits per heavy atom. The van der Waals surface area contributed by atoms with Gasteiger partial charge in [-0.3, -0.25) is 7.91 Å². The van der Waals surface area contributed by atoms with Crippen molar-refractivity contribution in [3.05, 3.63) is 35.4 Å². The lowest BCUT2D eigenvalue weighted by atomic mass is 9.83. The van der Waals surface area contributed by atoms with Crippen LogP contribution in [0.25, 0.3) is 0 Å². The number of nitrogens with zero attached hydrogens (tertiary/aromatic N) is 1. The normalized spacial score (nSPS) is 11.4. The molecule has 94 valence electrons. The molecule has 1 aromatic carbocycles. The van der Waals surface area contributed by atoms with Crippen LogP contribution in [0.15, 0.2) is 24.3 Å². The molecule has 3 heteroatoms. The smallest absolute Gasteiger partial charge is 0.262 e. The van der Waals surface area contributed by atoms with E-state index in [2.05, 4.69) is 26.8 Å². The van der Waals surface area contributed by atoms with E-state index in [1.165, 1.54) is 5.56 Å². The average molecular weight is 345 g/mol. The van der Waals surface area contributed by atoms with Gasteiger partial charge in [0, 0.05) is 12.6 Å². The van der Waals surface area contributed by atoms with Crippen molar-refractivity contribution in [3.63, 3.8) is 0 Å². The summed E-state index contributed by atoms with van der Waals surface area (Å²) in [6, 6.07) is 7.95. The maximum absolute atomic E-state index is 11.9. The standard InChI is InChI=1S/C14H20INO/c1-5-14(2,3)10-11-7-6-8-12(9-11)13(17)16(4)15/h6-9H,5,10H2,1-4H3. The lowest BCUT2D eigenvalue weighted by Crippen LogP contribution is -2.17. The molecule has 0 saturated carbocycles. The highest BCUT2D eigenvalue weighted by molar-refractivity contribution is 14.1. The molecule has 0 N–H and O–H groups in total. The van der Waals surface area contributed by atoms with Crippen LogP contribution >= 0.6 is 22.9 Å². The molecule has 0 atom stereocenters. The molecule has 0 aliphatic heterocycles. The van der Waals surface area contributed by atoms with Crippen LogP contribution in [-0.2, 0) is 6.42 Å². The first-order valence-electron chi connectivity index (χ1n) is 5.88. The van der Waals surface area contributed by atoms with E-state index >= 15 is 0 Å². The van der Waals surface area contributed by atoms with Gasteiger partial charge in [-0.2, -0.15) is 0 Å². The second-order valence-corrected chi connectivity index (χ2v) is 6.62. The number of carbonyl (C=O) groups excluding carboxylic acids is 1. The van der Waals surface area contributed by atoms with Crippen molar-refractivity contribution in [1.29, 1.82) is 0 Å². The zero-order chi connectivity index (χ0) is 13.1. The van der Waals surface area contributed by atoms with Gasteiger partial charge in [0.2, 0.25) is 0 Å². The summed E-state index contributed by atoms with van der Waals surface area (Å²) in [5, 5.41) is 0. The van der Waals surface area contributed by atoms with Gasteiger partial charge in [0.15, 0.2) is 0 Å². The van der Waals surface area contributed by atoms with Gasteiger partial charge in [-0.05, 0) is 29.5 Å². The zero-order valence-corrected chi connectivity index (χ0v) is 13.1. The van der Waals surface area contributed by atoms with Gasteiger partial charge in [0.25, 0.3) is 5.91 Å². The van der Waals surface area contributed by atoms with Gasteiger partial charge in [-0.15, -0.1) is 0 Å². The molecule has 0 unspecified atom stereocenters. The Kier molecular flexibility index (Phi) is 4.98. The number of amides is 1. The predicted octanol–water partition coefficient (Wildman–Crippen LogP) is 4.09. The van der Waals surface area contributed by atoms with Crippen molar-refractivity contribution in [2.75, 3.05) is 7.05 Å². The summed E-state index contributed by atoms with van der Waals surface area (Å²) in [6.45, 7) is 6.71. The number of benzene rings is 1. The fourth-order valence-corrected chi connectivity index (χ4v) is 1.95. The molecule has 0 radical (unpaired) electrons. The van der Waals surface area contributed by atoms with Crippen LogP contribution in [-0.4, -0.2) is 16.1 Å². The van der Waals surface area contributed by atoms with E-state index in [-0.39, 0.29) is 11.3 Å². The molecule has 0 bridgehead atoms. The van der Waals surface area contributed by atoms with E-state index in [1.54, 1.807) is 10.2 Å². The van der Waals surface area contributed by atoms with E-state index in [0.717, 1.165) is 18.4 Å². The monoisotopic (exact) mass is 345 g/mol. The maximum Gasteiger partial charge on any atom is 0.262 e. The van der Waals surface area contributed by atoms with Crippen LogP contribution in [0.1, 0.15) is 43.1 Å². The topological polar surface area (TPSA) is 20.3 Å². The van der Waals surface area contributed by atoms with Crippen LogP contribution in [0.3, 0.4) is 0 Å². The fourth-order valence-electron chi connectivity index (χ4n) is 1.67. The molecule has 0 aromatic heterocycles. The highest BCUT2D eigenvalue weighted by Crippen LogP contribution is 2.25. The van der Waals surface area contributed by atoms with Crippen LogP contribution in [0, 0.1) is 5.41 Å². The van der Waals surface area contributed by atoms with Crippen LogP contribution in [0.5, 0.6) is 0 Å². The summed E-state index contributed by atoms with van der Waals surface area (Å²) < 4.78 is 1.59. The summed E-state index contributed by atoms with van der Waals surface area (Å²) in [4.78, 5) is 11.9. The van der Waals surface area contributed by atoms with Gasteiger partial charge in [-0.25, -0.2) is 0 Å². The second kappa shape index (κ2) is 5.85. The Bertz CT molecular complexity index is 399. The predicted molar refractivity (Wildman–Crippen MR) is 80.3 cm³/mol. The third kappa shape index (κ3) is 4.30. The summed E-state index contributed by atoms with van der Waals surface area (Å²) >= 11 is 2.00. The molecule has 17 heavy (non-hydrogen) atoms. The first-order valence-corrected chi connectivity index (χ1v) is 6.85. The average Bonchev–Trinajstić information content (AvgIpc) is 2.27. The molecule has 2 nitrogen and oxygen atoms in total. The van der Waals surface area contributed by atoms with E-state index in [0.29, 0.717) is 0 Å². The number of rotatable bonds is 4. The van der Waals surface area contributed by atoms with Crippen molar-refractivity contribution in [3.8, 4) is 0 Å². The van der Waals surface area contributed by atoms with Crippen LogP contribution < -0.4 is 0 Å². The molecule has 0 spiro atoms. The number of hydrogen-bond donors (Lipinski definition) is 0. The third-order valence-electron chi connectivity index (χ3n) is 3.09. The van der Waals surface area contributed by atoms with Crippen molar-refractivity contribution in [2.24, 2.45) is 5.41 Å². The van der Waals surface area contributed by atoms with Crippen molar-refractivity contribution < 1.29 is 4.79 Å². The summed E-state index contributed by atoms with van der Waals surface area (Å²) in [7, 11) is 1.77. The number of halogens is 1. The van der Waals surface area contributed by atoms with E-state index in [9.17, 15) is 4.79 Å². The highest BCUT2D eigenvalue weighted by atomic mass is 127. The van der Waals surface area contributed by atoms with Crippen molar-refractivity contribution >= 4 is 28.8 Å².